The van der Waals surface area contributed by atoms with E-state index in [4.69, 9.17) is 0 Å². The quantitative estimate of drug-likeness (QED) is 0.733. The van der Waals surface area contributed by atoms with Crippen molar-refractivity contribution in [1.29, 1.82) is 0 Å². The summed E-state index contributed by atoms with van der Waals surface area (Å²) in [5.41, 5.74) is 0. The van der Waals surface area contributed by atoms with Crippen LogP contribution in [0.15, 0.2) is 0 Å². The summed E-state index contributed by atoms with van der Waals surface area (Å²) in [4.78, 5) is 0. The molecule has 0 aromatic heterocycles. The molecule has 1 N–H and O–H groups in total. The molecule has 1 aliphatic carbocycles. The molecule has 15 heavy (non-hydrogen) atoms. The van der Waals surface area contributed by atoms with Gasteiger partial charge in [0, 0.05) is 12.1 Å². The van der Waals surface area contributed by atoms with Crippen LogP contribution in [0.2, 0.25) is 0 Å². The number of nitrogens with one attached hydrogen (secondary N) is 1. The van der Waals surface area contributed by atoms with Gasteiger partial charge in [0.15, 0.2) is 0 Å². The first-order valence-electron chi connectivity index (χ1n) is 6.96. The minimum atomic E-state index is 0.818. The van der Waals surface area contributed by atoms with Gasteiger partial charge in [0.1, 0.15) is 0 Å². The average Bonchev–Trinajstić information content (AvgIpc) is 2.58. The summed E-state index contributed by atoms with van der Waals surface area (Å²) in [6.45, 7) is 7.15. The normalized spacial score (nSPS) is 43.4. The molecule has 2 aliphatic rings. The zero-order chi connectivity index (χ0) is 10.8. The van der Waals surface area contributed by atoms with E-state index in [-0.39, 0.29) is 0 Å². The zero-order valence-electron chi connectivity index (χ0n) is 10.6. The topological polar surface area (TPSA) is 12.0 Å². The van der Waals surface area contributed by atoms with Crippen LogP contribution in [0.1, 0.15) is 59.3 Å². The molecular formula is C14H27N. The van der Waals surface area contributed by atoms with Gasteiger partial charge in [0.25, 0.3) is 0 Å². The van der Waals surface area contributed by atoms with Gasteiger partial charge in [-0.3, -0.25) is 0 Å². The molecule has 1 aliphatic heterocycles. The Hall–Kier alpha value is -0.0400. The van der Waals surface area contributed by atoms with Gasteiger partial charge in [-0.2, -0.15) is 0 Å². The Morgan fingerprint density at radius 3 is 2.67 bits per heavy atom. The maximum absolute atomic E-state index is 3.90. The molecule has 0 spiro atoms. The van der Waals surface area contributed by atoms with E-state index in [9.17, 15) is 0 Å². The molecule has 88 valence electrons. The first-order valence-corrected chi connectivity index (χ1v) is 6.96. The van der Waals surface area contributed by atoms with Crippen molar-refractivity contribution in [3.05, 3.63) is 0 Å². The molecule has 0 amide bonds. The standard InChI is InChI=1S/C14H27N/c1-4-11(3)14-9-12-7-5-10(2)6-8-13(12)15-14/h10-15H,4-9H2,1-3H3. The van der Waals surface area contributed by atoms with Crippen LogP contribution in [-0.2, 0) is 0 Å². The Balaban J connectivity index is 1.91. The fourth-order valence-corrected chi connectivity index (χ4v) is 3.40. The van der Waals surface area contributed by atoms with Gasteiger partial charge in [-0.15, -0.1) is 0 Å². The van der Waals surface area contributed by atoms with Gasteiger partial charge in [-0.05, 0) is 43.4 Å². The van der Waals surface area contributed by atoms with Crippen LogP contribution in [0.25, 0.3) is 0 Å². The van der Waals surface area contributed by atoms with Crippen LogP contribution in [-0.4, -0.2) is 12.1 Å². The summed E-state index contributed by atoms with van der Waals surface area (Å²) in [6.07, 6.45) is 8.60. The molecule has 2 rings (SSSR count). The molecule has 5 unspecified atom stereocenters. The fraction of sp³-hybridized carbons (Fsp3) is 1.00. The number of hydrogen-bond acceptors (Lipinski definition) is 1. The number of fused-ring (bicyclic) bond motifs is 1. The second-order valence-electron chi connectivity index (χ2n) is 6.02. The highest BCUT2D eigenvalue weighted by atomic mass is 15.0. The smallest absolute Gasteiger partial charge is 0.00987 e. The van der Waals surface area contributed by atoms with E-state index in [1.807, 2.05) is 0 Å². The maximum Gasteiger partial charge on any atom is 0.00987 e. The lowest BCUT2D eigenvalue weighted by Crippen LogP contribution is -2.34. The van der Waals surface area contributed by atoms with E-state index in [0.29, 0.717) is 0 Å². The van der Waals surface area contributed by atoms with Crippen LogP contribution in [0, 0.1) is 17.8 Å². The van der Waals surface area contributed by atoms with Crippen molar-refractivity contribution in [1.82, 2.24) is 5.32 Å². The predicted molar refractivity (Wildman–Crippen MR) is 65.9 cm³/mol. The summed E-state index contributed by atoms with van der Waals surface area (Å²) in [7, 11) is 0. The third-order valence-corrected chi connectivity index (χ3v) is 4.89. The number of hydrogen-bond donors (Lipinski definition) is 1. The third-order valence-electron chi connectivity index (χ3n) is 4.89. The Labute approximate surface area is 95.0 Å². The van der Waals surface area contributed by atoms with Crippen molar-refractivity contribution in [2.75, 3.05) is 0 Å². The summed E-state index contributed by atoms with van der Waals surface area (Å²) < 4.78 is 0. The summed E-state index contributed by atoms with van der Waals surface area (Å²) >= 11 is 0. The van der Waals surface area contributed by atoms with Crippen molar-refractivity contribution >= 4 is 0 Å². The van der Waals surface area contributed by atoms with Crippen LogP contribution in [0.3, 0.4) is 0 Å². The Morgan fingerprint density at radius 1 is 1.20 bits per heavy atom. The van der Waals surface area contributed by atoms with Crippen molar-refractivity contribution in [2.24, 2.45) is 17.8 Å². The molecule has 0 bridgehead atoms. The van der Waals surface area contributed by atoms with E-state index < -0.39 is 0 Å². The van der Waals surface area contributed by atoms with Crippen molar-refractivity contribution in [3.8, 4) is 0 Å². The van der Waals surface area contributed by atoms with Crippen LogP contribution < -0.4 is 5.32 Å². The molecule has 1 saturated heterocycles. The maximum atomic E-state index is 3.90. The molecular weight excluding hydrogens is 182 g/mol. The molecule has 1 nitrogen and oxygen atoms in total. The highest BCUT2D eigenvalue weighted by Gasteiger charge is 2.36. The van der Waals surface area contributed by atoms with E-state index in [0.717, 1.165) is 29.8 Å². The monoisotopic (exact) mass is 209 g/mol. The first kappa shape index (κ1) is 11.4. The lowest BCUT2D eigenvalue weighted by atomic mass is 9.90. The summed E-state index contributed by atoms with van der Waals surface area (Å²) in [5.74, 6) is 2.84. The lowest BCUT2D eigenvalue weighted by Gasteiger charge is -2.19. The third kappa shape index (κ3) is 2.55. The Morgan fingerprint density at radius 2 is 1.93 bits per heavy atom. The van der Waals surface area contributed by atoms with Gasteiger partial charge < -0.3 is 5.32 Å². The molecule has 0 aromatic rings. The van der Waals surface area contributed by atoms with Gasteiger partial charge in [-0.25, -0.2) is 0 Å². The van der Waals surface area contributed by atoms with Crippen LogP contribution in [0.5, 0.6) is 0 Å². The molecule has 1 heteroatoms. The molecule has 0 radical (unpaired) electrons. The van der Waals surface area contributed by atoms with E-state index in [1.54, 1.807) is 0 Å². The van der Waals surface area contributed by atoms with Gasteiger partial charge >= 0.3 is 0 Å². The average molecular weight is 209 g/mol. The van der Waals surface area contributed by atoms with Crippen LogP contribution >= 0.6 is 0 Å². The Kier molecular flexibility index (Phi) is 3.71. The molecule has 1 saturated carbocycles. The van der Waals surface area contributed by atoms with Gasteiger partial charge in [0.05, 0.1) is 0 Å². The van der Waals surface area contributed by atoms with Crippen molar-refractivity contribution < 1.29 is 0 Å². The van der Waals surface area contributed by atoms with E-state index >= 15 is 0 Å². The van der Waals surface area contributed by atoms with Gasteiger partial charge in [-0.1, -0.05) is 33.6 Å². The lowest BCUT2D eigenvalue weighted by molar-refractivity contribution is 0.375. The molecule has 0 aromatic carbocycles. The van der Waals surface area contributed by atoms with Gasteiger partial charge in [0.2, 0.25) is 0 Å². The van der Waals surface area contributed by atoms with E-state index in [2.05, 4.69) is 26.1 Å². The van der Waals surface area contributed by atoms with Crippen molar-refractivity contribution in [3.63, 3.8) is 0 Å². The largest absolute Gasteiger partial charge is 0.311 e. The molecule has 2 fully saturated rings. The minimum absolute atomic E-state index is 0.818. The van der Waals surface area contributed by atoms with E-state index in [1.165, 1.54) is 38.5 Å². The fourth-order valence-electron chi connectivity index (χ4n) is 3.40. The second-order valence-corrected chi connectivity index (χ2v) is 6.02. The van der Waals surface area contributed by atoms with Crippen molar-refractivity contribution in [2.45, 2.75) is 71.4 Å². The zero-order valence-corrected chi connectivity index (χ0v) is 10.6. The number of rotatable bonds is 2. The molecule has 5 atom stereocenters. The highest BCUT2D eigenvalue weighted by Crippen LogP contribution is 2.36. The Bertz CT molecular complexity index is 186. The van der Waals surface area contributed by atoms with Crippen LogP contribution in [0.4, 0.5) is 0 Å². The predicted octanol–water partition coefficient (Wildman–Crippen LogP) is 3.59. The SMILES string of the molecule is CCC(C)C1CC2CCC(C)CCC2N1. The first-order chi connectivity index (χ1) is 7.20. The highest BCUT2D eigenvalue weighted by molar-refractivity contribution is 4.94. The minimum Gasteiger partial charge on any atom is -0.311 e. The summed E-state index contributed by atoms with van der Waals surface area (Å²) in [6, 6.07) is 1.67. The summed E-state index contributed by atoms with van der Waals surface area (Å²) in [5, 5.41) is 3.90. The second kappa shape index (κ2) is 4.86. The molecule has 1 heterocycles.